The highest BCUT2D eigenvalue weighted by Crippen LogP contribution is 2.34. The summed E-state index contributed by atoms with van der Waals surface area (Å²) in [5, 5.41) is 0. The van der Waals surface area contributed by atoms with Crippen LogP contribution in [0.5, 0.6) is 0 Å². The molecule has 0 fully saturated rings. The van der Waals surface area contributed by atoms with Crippen molar-refractivity contribution < 1.29 is 0 Å². The summed E-state index contributed by atoms with van der Waals surface area (Å²) in [5.74, 6) is 0. The second kappa shape index (κ2) is 8.54. The molecular formula is C21H32N4. The molecule has 0 aliphatic heterocycles. The van der Waals surface area contributed by atoms with E-state index in [0.29, 0.717) is 6.54 Å². The second-order valence-electron chi connectivity index (χ2n) is 8.50. The summed E-state index contributed by atoms with van der Waals surface area (Å²) >= 11 is 0. The molecule has 0 bridgehead atoms. The van der Waals surface area contributed by atoms with Crippen molar-refractivity contribution in [1.29, 1.82) is 0 Å². The predicted molar refractivity (Wildman–Crippen MR) is 104 cm³/mol. The molecule has 0 aromatic carbocycles. The molecule has 0 radical (unpaired) electrons. The Kier molecular flexibility index (Phi) is 6.68. The number of aromatic nitrogens is 2. The molecule has 2 aromatic rings. The summed E-state index contributed by atoms with van der Waals surface area (Å²) in [6, 6.07) is 12.2. The summed E-state index contributed by atoms with van der Waals surface area (Å²) in [5.41, 5.74) is 8.44. The fraction of sp³-hybridized carbons (Fsp3) is 0.524. The van der Waals surface area contributed by atoms with E-state index in [1.807, 2.05) is 36.7 Å². The van der Waals surface area contributed by atoms with E-state index in [4.69, 9.17) is 5.73 Å². The Hall–Kier alpha value is -1.78. The maximum absolute atomic E-state index is 5.96. The van der Waals surface area contributed by atoms with E-state index < -0.39 is 0 Å². The van der Waals surface area contributed by atoms with Gasteiger partial charge in [-0.1, -0.05) is 39.8 Å². The largest absolute Gasteiger partial charge is 0.330 e. The highest BCUT2D eigenvalue weighted by molar-refractivity contribution is 5.06. The van der Waals surface area contributed by atoms with Crippen LogP contribution in [0, 0.1) is 10.8 Å². The Bertz CT molecular complexity index is 581. The first-order valence-corrected chi connectivity index (χ1v) is 9.02. The van der Waals surface area contributed by atoms with E-state index in [-0.39, 0.29) is 10.8 Å². The van der Waals surface area contributed by atoms with E-state index in [1.54, 1.807) is 0 Å². The van der Waals surface area contributed by atoms with Crippen LogP contribution >= 0.6 is 0 Å². The molecule has 4 heteroatoms. The standard InChI is InChI=1S/C21H32N4/c1-20(2,16-22)15-21(3,4)17-25(13-18-9-5-7-11-23-18)14-19-10-6-8-12-24-19/h5-12H,13-17,22H2,1-4H3. The van der Waals surface area contributed by atoms with Crippen molar-refractivity contribution in [3.8, 4) is 0 Å². The lowest BCUT2D eigenvalue weighted by Gasteiger charge is -2.38. The van der Waals surface area contributed by atoms with Crippen LogP contribution in [0.4, 0.5) is 0 Å². The van der Waals surface area contributed by atoms with Crippen molar-refractivity contribution >= 4 is 0 Å². The number of rotatable bonds is 9. The fourth-order valence-electron chi connectivity index (χ4n) is 3.64. The summed E-state index contributed by atoms with van der Waals surface area (Å²) in [4.78, 5) is 11.4. The maximum Gasteiger partial charge on any atom is 0.0544 e. The van der Waals surface area contributed by atoms with E-state index in [9.17, 15) is 0 Å². The molecule has 0 atom stereocenters. The number of hydrogen-bond acceptors (Lipinski definition) is 4. The van der Waals surface area contributed by atoms with Gasteiger partial charge in [-0.05, 0) is 48.1 Å². The van der Waals surface area contributed by atoms with Crippen LogP contribution in [0.1, 0.15) is 45.5 Å². The molecule has 0 saturated heterocycles. The Morgan fingerprint density at radius 1 is 0.840 bits per heavy atom. The van der Waals surface area contributed by atoms with Gasteiger partial charge in [-0.25, -0.2) is 0 Å². The van der Waals surface area contributed by atoms with Crippen LogP contribution in [0.25, 0.3) is 0 Å². The third-order valence-electron chi connectivity index (χ3n) is 4.38. The van der Waals surface area contributed by atoms with Gasteiger partial charge in [0.15, 0.2) is 0 Å². The Morgan fingerprint density at radius 2 is 1.36 bits per heavy atom. The molecule has 136 valence electrons. The molecule has 0 saturated carbocycles. The van der Waals surface area contributed by atoms with E-state index >= 15 is 0 Å². The molecule has 0 aliphatic carbocycles. The SMILES string of the molecule is CC(C)(CN)CC(C)(C)CN(Cc1ccccn1)Cc1ccccn1. The second-order valence-corrected chi connectivity index (χ2v) is 8.50. The lowest BCUT2D eigenvalue weighted by Crippen LogP contribution is -2.38. The molecular weight excluding hydrogens is 308 g/mol. The molecule has 2 rings (SSSR count). The molecule has 0 spiro atoms. The smallest absolute Gasteiger partial charge is 0.0544 e. The van der Waals surface area contributed by atoms with Gasteiger partial charge in [0.2, 0.25) is 0 Å². The Morgan fingerprint density at radius 3 is 1.76 bits per heavy atom. The maximum atomic E-state index is 5.96. The molecule has 2 N–H and O–H groups in total. The fourth-order valence-corrected chi connectivity index (χ4v) is 3.64. The predicted octanol–water partition coefficient (Wildman–Crippen LogP) is 3.88. The quantitative estimate of drug-likeness (QED) is 0.752. The first-order chi connectivity index (χ1) is 11.8. The monoisotopic (exact) mass is 340 g/mol. The summed E-state index contributed by atoms with van der Waals surface area (Å²) < 4.78 is 0. The minimum Gasteiger partial charge on any atom is -0.330 e. The Labute approximate surface area is 152 Å². The normalized spacial score (nSPS) is 12.6. The van der Waals surface area contributed by atoms with E-state index in [1.165, 1.54) is 0 Å². The van der Waals surface area contributed by atoms with Crippen molar-refractivity contribution in [2.45, 2.75) is 47.2 Å². The van der Waals surface area contributed by atoms with E-state index in [0.717, 1.165) is 37.4 Å². The van der Waals surface area contributed by atoms with Crippen molar-refractivity contribution in [2.75, 3.05) is 13.1 Å². The average Bonchev–Trinajstić information content (AvgIpc) is 2.55. The van der Waals surface area contributed by atoms with Crippen LogP contribution in [0.2, 0.25) is 0 Å². The number of nitrogens with two attached hydrogens (primary N) is 1. The van der Waals surface area contributed by atoms with Gasteiger partial charge in [-0.15, -0.1) is 0 Å². The van der Waals surface area contributed by atoms with Gasteiger partial charge in [0, 0.05) is 32.0 Å². The topological polar surface area (TPSA) is 55.0 Å². The highest BCUT2D eigenvalue weighted by Gasteiger charge is 2.30. The molecule has 0 amide bonds. The van der Waals surface area contributed by atoms with Gasteiger partial charge in [-0.2, -0.15) is 0 Å². The average molecular weight is 341 g/mol. The van der Waals surface area contributed by atoms with E-state index in [2.05, 4.69) is 54.7 Å². The van der Waals surface area contributed by atoms with Gasteiger partial charge in [0.05, 0.1) is 11.4 Å². The van der Waals surface area contributed by atoms with Gasteiger partial charge in [-0.3, -0.25) is 14.9 Å². The zero-order valence-corrected chi connectivity index (χ0v) is 16.1. The minimum atomic E-state index is 0.144. The third kappa shape index (κ3) is 6.92. The summed E-state index contributed by atoms with van der Waals surface area (Å²) in [6.07, 6.45) is 4.80. The van der Waals surface area contributed by atoms with Crippen molar-refractivity contribution in [3.05, 3.63) is 60.2 Å². The molecule has 4 nitrogen and oxygen atoms in total. The van der Waals surface area contributed by atoms with Gasteiger partial charge in [0.1, 0.15) is 0 Å². The molecule has 2 heterocycles. The minimum absolute atomic E-state index is 0.144. The van der Waals surface area contributed by atoms with Crippen LogP contribution in [0.15, 0.2) is 48.8 Å². The molecule has 0 unspecified atom stereocenters. The lowest BCUT2D eigenvalue weighted by molar-refractivity contribution is 0.113. The summed E-state index contributed by atoms with van der Waals surface area (Å²) in [6.45, 7) is 12.5. The zero-order valence-electron chi connectivity index (χ0n) is 16.1. The van der Waals surface area contributed by atoms with Crippen molar-refractivity contribution in [1.82, 2.24) is 14.9 Å². The third-order valence-corrected chi connectivity index (χ3v) is 4.38. The first kappa shape index (κ1) is 19.5. The molecule has 2 aromatic heterocycles. The number of hydrogen-bond donors (Lipinski definition) is 1. The lowest BCUT2D eigenvalue weighted by atomic mass is 9.75. The van der Waals surface area contributed by atoms with Crippen LogP contribution in [-0.2, 0) is 13.1 Å². The van der Waals surface area contributed by atoms with Crippen LogP contribution < -0.4 is 5.73 Å². The van der Waals surface area contributed by atoms with Gasteiger partial charge >= 0.3 is 0 Å². The number of pyridine rings is 2. The summed E-state index contributed by atoms with van der Waals surface area (Å²) in [7, 11) is 0. The first-order valence-electron chi connectivity index (χ1n) is 9.02. The molecule has 0 aliphatic rings. The van der Waals surface area contributed by atoms with Crippen molar-refractivity contribution in [3.63, 3.8) is 0 Å². The highest BCUT2D eigenvalue weighted by atomic mass is 15.1. The number of nitrogens with zero attached hydrogens (tertiary/aromatic N) is 3. The van der Waals surface area contributed by atoms with Crippen LogP contribution in [0.3, 0.4) is 0 Å². The van der Waals surface area contributed by atoms with Crippen LogP contribution in [-0.4, -0.2) is 28.0 Å². The zero-order chi connectivity index (χ0) is 18.3. The van der Waals surface area contributed by atoms with Gasteiger partial charge in [0.25, 0.3) is 0 Å². The Balaban J connectivity index is 2.13. The van der Waals surface area contributed by atoms with Gasteiger partial charge < -0.3 is 5.73 Å². The van der Waals surface area contributed by atoms with Crippen molar-refractivity contribution in [2.24, 2.45) is 16.6 Å². The molecule has 25 heavy (non-hydrogen) atoms.